The summed E-state index contributed by atoms with van der Waals surface area (Å²) in [5.41, 5.74) is 2.39. The number of nitrogens with one attached hydrogen (secondary N) is 1. The first kappa shape index (κ1) is 12.2. The highest BCUT2D eigenvalue weighted by molar-refractivity contribution is 5.57. The molecule has 1 aliphatic rings. The van der Waals surface area contributed by atoms with Gasteiger partial charge < -0.3 is 15.3 Å². The monoisotopic (exact) mass is 234 g/mol. The van der Waals surface area contributed by atoms with Crippen molar-refractivity contribution in [3.05, 3.63) is 24.3 Å². The first-order valence-corrected chi connectivity index (χ1v) is 6.37. The van der Waals surface area contributed by atoms with Crippen LogP contribution in [-0.4, -0.2) is 31.3 Å². The summed E-state index contributed by atoms with van der Waals surface area (Å²) < 4.78 is 0. The van der Waals surface area contributed by atoms with Crippen molar-refractivity contribution in [1.29, 1.82) is 0 Å². The molecule has 1 aromatic carbocycles. The molecular weight excluding hydrogens is 212 g/mol. The molecule has 0 radical (unpaired) electrons. The molecule has 0 aliphatic heterocycles. The molecule has 1 fully saturated rings. The van der Waals surface area contributed by atoms with Crippen LogP contribution in [0.5, 0.6) is 0 Å². The minimum absolute atomic E-state index is 0.0823. The maximum absolute atomic E-state index is 9.48. The summed E-state index contributed by atoms with van der Waals surface area (Å²) in [6, 6.07) is 8.98. The lowest BCUT2D eigenvalue weighted by Crippen LogP contribution is -2.28. The zero-order valence-corrected chi connectivity index (χ0v) is 10.7. The maximum Gasteiger partial charge on any atom is 0.0541 e. The smallest absolute Gasteiger partial charge is 0.0541 e. The van der Waals surface area contributed by atoms with Gasteiger partial charge in [0.1, 0.15) is 0 Å². The number of benzene rings is 1. The summed E-state index contributed by atoms with van der Waals surface area (Å²) in [5, 5.41) is 13.0. The van der Waals surface area contributed by atoms with Gasteiger partial charge in [0.2, 0.25) is 0 Å². The van der Waals surface area contributed by atoms with Crippen molar-refractivity contribution in [3.63, 3.8) is 0 Å². The standard InChI is InChI=1S/C14H22N2O/c1-16(2)13-5-3-4-12(10-13)15-11-6-8-14(17)9-7-11/h3-5,10-11,14-15,17H,6-9H2,1-2H3. The van der Waals surface area contributed by atoms with Crippen molar-refractivity contribution in [2.45, 2.75) is 37.8 Å². The van der Waals surface area contributed by atoms with Crippen molar-refractivity contribution < 1.29 is 5.11 Å². The molecule has 0 atom stereocenters. The average Bonchev–Trinajstić information content (AvgIpc) is 2.32. The zero-order chi connectivity index (χ0) is 12.3. The molecule has 0 saturated heterocycles. The largest absolute Gasteiger partial charge is 0.393 e. The molecule has 0 unspecified atom stereocenters. The molecule has 0 aromatic heterocycles. The summed E-state index contributed by atoms with van der Waals surface area (Å²) in [4.78, 5) is 2.11. The van der Waals surface area contributed by atoms with Crippen LogP contribution in [0.1, 0.15) is 25.7 Å². The Balaban J connectivity index is 1.96. The molecular formula is C14H22N2O. The van der Waals surface area contributed by atoms with Gasteiger partial charge in [0.25, 0.3) is 0 Å². The normalized spacial score (nSPS) is 24.4. The van der Waals surface area contributed by atoms with Gasteiger partial charge in [-0.25, -0.2) is 0 Å². The summed E-state index contributed by atoms with van der Waals surface area (Å²) in [7, 11) is 4.10. The molecule has 0 spiro atoms. The van der Waals surface area contributed by atoms with E-state index in [0.717, 1.165) is 25.7 Å². The van der Waals surface area contributed by atoms with Crippen LogP contribution in [0.15, 0.2) is 24.3 Å². The third-order valence-corrected chi connectivity index (χ3v) is 3.43. The zero-order valence-electron chi connectivity index (χ0n) is 10.7. The van der Waals surface area contributed by atoms with Gasteiger partial charge in [0.05, 0.1) is 6.10 Å². The quantitative estimate of drug-likeness (QED) is 0.843. The predicted molar refractivity (Wildman–Crippen MR) is 72.7 cm³/mol. The fourth-order valence-corrected chi connectivity index (χ4v) is 2.33. The number of hydrogen-bond acceptors (Lipinski definition) is 3. The summed E-state index contributed by atoms with van der Waals surface area (Å²) in [5.74, 6) is 0. The van der Waals surface area contributed by atoms with E-state index in [2.05, 4.69) is 48.6 Å². The molecule has 3 nitrogen and oxygen atoms in total. The lowest BCUT2D eigenvalue weighted by atomic mass is 9.93. The van der Waals surface area contributed by atoms with Gasteiger partial charge in [0.15, 0.2) is 0 Å². The third-order valence-electron chi connectivity index (χ3n) is 3.43. The second-order valence-electron chi connectivity index (χ2n) is 5.09. The van der Waals surface area contributed by atoms with E-state index in [0.29, 0.717) is 6.04 Å². The SMILES string of the molecule is CN(C)c1cccc(NC2CCC(O)CC2)c1. The number of anilines is 2. The molecule has 1 aliphatic carbocycles. The van der Waals surface area contributed by atoms with E-state index >= 15 is 0 Å². The van der Waals surface area contributed by atoms with Crippen molar-refractivity contribution in [3.8, 4) is 0 Å². The molecule has 94 valence electrons. The number of aliphatic hydroxyl groups is 1. The summed E-state index contributed by atoms with van der Waals surface area (Å²) in [6.07, 6.45) is 3.89. The van der Waals surface area contributed by atoms with Crippen LogP contribution < -0.4 is 10.2 Å². The van der Waals surface area contributed by atoms with Crippen molar-refractivity contribution in [2.75, 3.05) is 24.3 Å². The van der Waals surface area contributed by atoms with Gasteiger partial charge >= 0.3 is 0 Å². The maximum atomic E-state index is 9.48. The highest BCUT2D eigenvalue weighted by atomic mass is 16.3. The van der Waals surface area contributed by atoms with Gasteiger partial charge in [0, 0.05) is 31.5 Å². The second-order valence-corrected chi connectivity index (χ2v) is 5.09. The van der Waals surface area contributed by atoms with Crippen LogP contribution in [-0.2, 0) is 0 Å². The van der Waals surface area contributed by atoms with Gasteiger partial charge in [-0.15, -0.1) is 0 Å². The van der Waals surface area contributed by atoms with E-state index in [9.17, 15) is 5.11 Å². The van der Waals surface area contributed by atoms with Crippen LogP contribution in [0.2, 0.25) is 0 Å². The van der Waals surface area contributed by atoms with Crippen LogP contribution in [0, 0.1) is 0 Å². The fraction of sp³-hybridized carbons (Fsp3) is 0.571. The van der Waals surface area contributed by atoms with E-state index in [1.165, 1.54) is 11.4 Å². The number of rotatable bonds is 3. The lowest BCUT2D eigenvalue weighted by molar-refractivity contribution is 0.126. The Hall–Kier alpha value is -1.22. The molecule has 17 heavy (non-hydrogen) atoms. The molecule has 2 rings (SSSR count). The summed E-state index contributed by atoms with van der Waals surface area (Å²) in [6.45, 7) is 0. The summed E-state index contributed by atoms with van der Waals surface area (Å²) >= 11 is 0. The Bertz CT molecular complexity index is 357. The Kier molecular flexibility index (Phi) is 3.89. The third kappa shape index (κ3) is 3.37. The molecule has 1 saturated carbocycles. The predicted octanol–water partition coefficient (Wildman–Crippen LogP) is 2.47. The van der Waals surface area contributed by atoms with Crippen LogP contribution in [0.25, 0.3) is 0 Å². The van der Waals surface area contributed by atoms with Crippen LogP contribution in [0.4, 0.5) is 11.4 Å². The first-order chi connectivity index (χ1) is 8.15. The van der Waals surface area contributed by atoms with Crippen LogP contribution >= 0.6 is 0 Å². The molecule has 0 heterocycles. The van der Waals surface area contributed by atoms with Crippen molar-refractivity contribution >= 4 is 11.4 Å². The van der Waals surface area contributed by atoms with Gasteiger partial charge in [-0.3, -0.25) is 0 Å². The highest BCUT2D eigenvalue weighted by Crippen LogP contribution is 2.24. The van der Waals surface area contributed by atoms with Gasteiger partial charge in [-0.05, 0) is 43.9 Å². The minimum Gasteiger partial charge on any atom is -0.393 e. The van der Waals surface area contributed by atoms with Gasteiger partial charge in [-0.1, -0.05) is 6.07 Å². The Morgan fingerprint density at radius 1 is 1.18 bits per heavy atom. The molecule has 0 amide bonds. The van der Waals surface area contributed by atoms with Crippen molar-refractivity contribution in [1.82, 2.24) is 0 Å². The van der Waals surface area contributed by atoms with Crippen LogP contribution in [0.3, 0.4) is 0 Å². The number of hydrogen-bond donors (Lipinski definition) is 2. The van der Waals surface area contributed by atoms with Gasteiger partial charge in [-0.2, -0.15) is 0 Å². The second kappa shape index (κ2) is 5.41. The average molecular weight is 234 g/mol. The van der Waals surface area contributed by atoms with Crippen molar-refractivity contribution in [2.24, 2.45) is 0 Å². The first-order valence-electron chi connectivity index (χ1n) is 6.37. The molecule has 1 aromatic rings. The fourth-order valence-electron chi connectivity index (χ4n) is 2.33. The van der Waals surface area contributed by atoms with E-state index < -0.39 is 0 Å². The number of aliphatic hydroxyl groups excluding tert-OH is 1. The lowest BCUT2D eigenvalue weighted by Gasteiger charge is -2.27. The minimum atomic E-state index is -0.0823. The van der Waals surface area contributed by atoms with E-state index in [-0.39, 0.29) is 6.10 Å². The topological polar surface area (TPSA) is 35.5 Å². The van der Waals surface area contributed by atoms with E-state index in [1.807, 2.05) is 0 Å². The molecule has 0 bridgehead atoms. The Labute approximate surface area is 103 Å². The van der Waals surface area contributed by atoms with E-state index in [1.54, 1.807) is 0 Å². The highest BCUT2D eigenvalue weighted by Gasteiger charge is 2.18. The van der Waals surface area contributed by atoms with E-state index in [4.69, 9.17) is 0 Å². The molecule has 3 heteroatoms. The Morgan fingerprint density at radius 3 is 2.53 bits per heavy atom. The Morgan fingerprint density at radius 2 is 1.88 bits per heavy atom. The molecule has 2 N–H and O–H groups in total. The number of nitrogens with zero attached hydrogens (tertiary/aromatic N) is 1.